The predicted octanol–water partition coefficient (Wildman–Crippen LogP) is 4.75. The molecule has 0 aromatic heterocycles. The second-order valence-corrected chi connectivity index (χ2v) is 5.47. The molecule has 0 unspecified atom stereocenters. The molecule has 3 aromatic rings. The van der Waals surface area contributed by atoms with Gasteiger partial charge in [0.2, 0.25) is 0 Å². The van der Waals surface area contributed by atoms with E-state index >= 15 is 0 Å². The van der Waals surface area contributed by atoms with Gasteiger partial charge in [0.1, 0.15) is 5.75 Å². The molecule has 4 heteroatoms. The molecule has 0 aliphatic heterocycles. The highest BCUT2D eigenvalue weighted by Gasteiger charge is 2.00. The lowest BCUT2D eigenvalue weighted by Gasteiger charge is -2.02. The van der Waals surface area contributed by atoms with Crippen molar-refractivity contribution in [1.82, 2.24) is 0 Å². The van der Waals surface area contributed by atoms with Crippen LogP contribution in [0.5, 0.6) is 5.75 Å². The van der Waals surface area contributed by atoms with Gasteiger partial charge in [0, 0.05) is 6.08 Å². The summed E-state index contributed by atoms with van der Waals surface area (Å²) in [7, 11) is 0. The number of para-hydroxylation sites is 1. The number of benzene rings is 3. The third kappa shape index (κ3) is 5.46. The van der Waals surface area contributed by atoms with E-state index in [1.165, 1.54) is 6.08 Å². The fraction of sp³-hybridized carbons (Fsp3) is 0. The molecule has 3 aromatic carbocycles. The van der Waals surface area contributed by atoms with E-state index in [-0.39, 0.29) is 0 Å². The van der Waals surface area contributed by atoms with E-state index in [9.17, 15) is 4.79 Å². The van der Waals surface area contributed by atoms with E-state index in [1.807, 2.05) is 72.8 Å². The molecule has 4 nitrogen and oxygen atoms in total. The van der Waals surface area contributed by atoms with Gasteiger partial charge in [-0.3, -0.25) is 5.43 Å². The normalized spacial score (nSPS) is 10.9. The van der Waals surface area contributed by atoms with Crippen LogP contribution in [-0.4, -0.2) is 12.2 Å². The van der Waals surface area contributed by atoms with Crippen molar-refractivity contribution in [3.05, 3.63) is 102 Å². The monoisotopic (exact) mass is 342 g/mol. The first-order chi connectivity index (χ1) is 12.8. The standard InChI is InChI=1S/C22H18N2O2/c25-22(16-13-18-7-3-1-4-8-18)26-21-14-11-19(12-15-21)17-23-24-20-9-5-2-6-10-20/h1-17,24H. The summed E-state index contributed by atoms with van der Waals surface area (Å²) in [6, 6.07) is 26.4. The van der Waals surface area contributed by atoms with Gasteiger partial charge in [-0.15, -0.1) is 0 Å². The van der Waals surface area contributed by atoms with Gasteiger partial charge in [0.15, 0.2) is 0 Å². The molecule has 0 radical (unpaired) electrons. The maximum atomic E-state index is 11.9. The second kappa shape index (κ2) is 8.99. The summed E-state index contributed by atoms with van der Waals surface area (Å²) in [4.78, 5) is 11.9. The number of nitrogens with zero attached hydrogens (tertiary/aromatic N) is 1. The molecule has 0 fully saturated rings. The van der Waals surface area contributed by atoms with Gasteiger partial charge >= 0.3 is 5.97 Å². The average molecular weight is 342 g/mol. The Morgan fingerprint density at radius 2 is 1.46 bits per heavy atom. The van der Waals surface area contributed by atoms with Crippen molar-refractivity contribution in [2.45, 2.75) is 0 Å². The average Bonchev–Trinajstić information content (AvgIpc) is 2.69. The van der Waals surface area contributed by atoms with Crippen LogP contribution in [0.15, 0.2) is 96.1 Å². The molecule has 0 aliphatic carbocycles. The largest absolute Gasteiger partial charge is 0.423 e. The van der Waals surface area contributed by atoms with E-state index in [4.69, 9.17) is 4.74 Å². The van der Waals surface area contributed by atoms with Gasteiger partial charge in [-0.05, 0) is 53.6 Å². The van der Waals surface area contributed by atoms with Crippen LogP contribution in [0.4, 0.5) is 5.69 Å². The molecule has 0 saturated heterocycles. The van der Waals surface area contributed by atoms with Crippen LogP contribution in [0.3, 0.4) is 0 Å². The molecule has 0 amide bonds. The van der Waals surface area contributed by atoms with E-state index in [0.717, 1.165) is 16.8 Å². The zero-order chi connectivity index (χ0) is 18.0. The Morgan fingerprint density at radius 1 is 0.808 bits per heavy atom. The Bertz CT molecular complexity index is 886. The van der Waals surface area contributed by atoms with Crippen LogP contribution in [0.2, 0.25) is 0 Å². The minimum atomic E-state index is -0.416. The lowest BCUT2D eigenvalue weighted by Crippen LogP contribution is -2.03. The third-order valence-electron chi connectivity index (χ3n) is 3.49. The predicted molar refractivity (Wildman–Crippen MR) is 105 cm³/mol. The van der Waals surface area contributed by atoms with Crippen LogP contribution >= 0.6 is 0 Å². The number of rotatable bonds is 6. The Balaban J connectivity index is 1.52. The maximum absolute atomic E-state index is 11.9. The smallest absolute Gasteiger partial charge is 0.336 e. The Kier molecular flexibility index (Phi) is 5.94. The minimum Gasteiger partial charge on any atom is -0.423 e. The summed E-state index contributed by atoms with van der Waals surface area (Å²) in [6.45, 7) is 0. The van der Waals surface area contributed by atoms with Crippen molar-refractivity contribution in [1.29, 1.82) is 0 Å². The highest BCUT2D eigenvalue weighted by atomic mass is 16.5. The number of nitrogens with one attached hydrogen (secondary N) is 1. The summed E-state index contributed by atoms with van der Waals surface area (Å²) in [5.74, 6) is 0.0712. The summed E-state index contributed by atoms with van der Waals surface area (Å²) >= 11 is 0. The molecule has 1 N–H and O–H groups in total. The van der Waals surface area contributed by atoms with Crippen molar-refractivity contribution in [2.75, 3.05) is 5.43 Å². The van der Waals surface area contributed by atoms with Gasteiger partial charge < -0.3 is 4.74 Å². The van der Waals surface area contributed by atoms with Gasteiger partial charge in [0.05, 0.1) is 11.9 Å². The quantitative estimate of drug-likeness (QED) is 0.231. The van der Waals surface area contributed by atoms with Crippen LogP contribution in [0.1, 0.15) is 11.1 Å². The summed E-state index contributed by atoms with van der Waals surface area (Å²) in [5.41, 5.74) is 5.71. The van der Waals surface area contributed by atoms with Crippen molar-refractivity contribution in [2.24, 2.45) is 5.10 Å². The van der Waals surface area contributed by atoms with Crippen LogP contribution in [-0.2, 0) is 4.79 Å². The molecular weight excluding hydrogens is 324 g/mol. The second-order valence-electron chi connectivity index (χ2n) is 5.47. The van der Waals surface area contributed by atoms with E-state index in [2.05, 4.69) is 10.5 Å². The fourth-order valence-electron chi connectivity index (χ4n) is 2.19. The first kappa shape index (κ1) is 17.2. The Morgan fingerprint density at radius 3 is 2.15 bits per heavy atom. The number of anilines is 1. The lowest BCUT2D eigenvalue weighted by atomic mass is 10.2. The van der Waals surface area contributed by atoms with Crippen molar-refractivity contribution >= 4 is 23.9 Å². The molecule has 3 rings (SSSR count). The van der Waals surface area contributed by atoms with E-state index < -0.39 is 5.97 Å². The van der Waals surface area contributed by atoms with Gasteiger partial charge in [-0.25, -0.2) is 4.79 Å². The van der Waals surface area contributed by atoms with Crippen molar-refractivity contribution in [3.63, 3.8) is 0 Å². The van der Waals surface area contributed by atoms with Crippen LogP contribution < -0.4 is 10.2 Å². The number of esters is 1. The topological polar surface area (TPSA) is 50.7 Å². The SMILES string of the molecule is O=C(C=Cc1ccccc1)Oc1ccc(C=NNc2ccccc2)cc1. The van der Waals surface area contributed by atoms with Crippen molar-refractivity contribution < 1.29 is 9.53 Å². The highest BCUT2D eigenvalue weighted by molar-refractivity contribution is 5.89. The molecule has 0 bridgehead atoms. The molecule has 0 saturated carbocycles. The summed E-state index contributed by atoms with van der Waals surface area (Å²) < 4.78 is 5.28. The lowest BCUT2D eigenvalue weighted by molar-refractivity contribution is -0.128. The summed E-state index contributed by atoms with van der Waals surface area (Å²) in [5, 5.41) is 4.17. The molecular formula is C22H18N2O2. The molecule has 0 spiro atoms. The molecule has 0 atom stereocenters. The zero-order valence-corrected chi connectivity index (χ0v) is 14.1. The minimum absolute atomic E-state index is 0.416. The number of carbonyl (C=O) groups excluding carboxylic acids is 1. The fourth-order valence-corrected chi connectivity index (χ4v) is 2.19. The van der Waals surface area contributed by atoms with Gasteiger partial charge in [-0.1, -0.05) is 48.5 Å². The molecule has 26 heavy (non-hydrogen) atoms. The van der Waals surface area contributed by atoms with E-state index in [1.54, 1.807) is 24.4 Å². The number of hydrogen-bond donors (Lipinski definition) is 1. The van der Waals surface area contributed by atoms with Gasteiger partial charge in [-0.2, -0.15) is 5.10 Å². The van der Waals surface area contributed by atoms with Gasteiger partial charge in [0.25, 0.3) is 0 Å². The maximum Gasteiger partial charge on any atom is 0.336 e. The van der Waals surface area contributed by atoms with Crippen LogP contribution in [0, 0.1) is 0 Å². The molecule has 0 heterocycles. The first-order valence-corrected chi connectivity index (χ1v) is 8.19. The first-order valence-electron chi connectivity index (χ1n) is 8.19. The highest BCUT2D eigenvalue weighted by Crippen LogP contribution is 2.12. The third-order valence-corrected chi connectivity index (χ3v) is 3.49. The number of hydrazone groups is 1. The number of carbonyl (C=O) groups is 1. The zero-order valence-electron chi connectivity index (χ0n) is 14.1. The number of hydrogen-bond acceptors (Lipinski definition) is 4. The summed E-state index contributed by atoms with van der Waals surface area (Å²) in [6.07, 6.45) is 4.83. The number of ether oxygens (including phenoxy) is 1. The Hall–Kier alpha value is -3.66. The molecule has 0 aliphatic rings. The Labute approximate surface area is 152 Å². The molecule has 128 valence electrons. The van der Waals surface area contributed by atoms with Crippen LogP contribution in [0.25, 0.3) is 6.08 Å². The van der Waals surface area contributed by atoms with Crippen molar-refractivity contribution in [3.8, 4) is 5.75 Å². The van der Waals surface area contributed by atoms with E-state index in [0.29, 0.717) is 5.75 Å².